The molecule has 1 aliphatic heterocycles. The highest BCUT2D eigenvalue weighted by Crippen LogP contribution is 2.61. The number of hydrogen-bond donors (Lipinski definition) is 0. The van der Waals surface area contributed by atoms with Crippen molar-refractivity contribution in [3.8, 4) is 0 Å². The number of aryl methyl sites for hydroxylation is 1. The number of hydrogen-bond acceptors (Lipinski definition) is 5. The Kier molecular flexibility index (Phi) is 6.07. The fourth-order valence-corrected chi connectivity index (χ4v) is 4.78. The van der Waals surface area contributed by atoms with Gasteiger partial charge in [-0.1, -0.05) is 37.5 Å². The summed E-state index contributed by atoms with van der Waals surface area (Å²) in [5.41, 5.74) is 0.922. The topological polar surface area (TPSA) is 61.8 Å². The lowest BCUT2D eigenvalue weighted by molar-refractivity contribution is -0.214. The van der Waals surface area contributed by atoms with Gasteiger partial charge in [0.25, 0.3) is 10.1 Å². The third kappa shape index (κ3) is 4.14. The minimum atomic E-state index is -3.72. The predicted molar refractivity (Wildman–Crippen MR) is 99.4 cm³/mol. The molecule has 6 heteroatoms. The molecule has 2 aliphatic rings. The summed E-state index contributed by atoms with van der Waals surface area (Å²) in [5, 5.41) is 0. The van der Waals surface area contributed by atoms with Crippen LogP contribution in [-0.2, 0) is 23.8 Å². The second-order valence-corrected chi connectivity index (χ2v) is 9.14. The van der Waals surface area contributed by atoms with Crippen LogP contribution in [0.4, 0.5) is 0 Å². The minimum absolute atomic E-state index is 0.0972. The summed E-state index contributed by atoms with van der Waals surface area (Å²) >= 11 is 0. The summed E-state index contributed by atoms with van der Waals surface area (Å²) in [7, 11) is -3.72. The van der Waals surface area contributed by atoms with Crippen LogP contribution >= 0.6 is 0 Å². The van der Waals surface area contributed by atoms with Gasteiger partial charge in [0.1, 0.15) is 0 Å². The average Bonchev–Trinajstić information content (AvgIpc) is 3.25. The van der Waals surface area contributed by atoms with E-state index in [1.54, 1.807) is 24.3 Å². The number of benzene rings is 1. The van der Waals surface area contributed by atoms with E-state index in [4.69, 9.17) is 13.7 Å². The molecule has 1 heterocycles. The maximum absolute atomic E-state index is 12.4. The van der Waals surface area contributed by atoms with E-state index in [0.29, 0.717) is 19.6 Å². The van der Waals surface area contributed by atoms with E-state index in [-0.39, 0.29) is 16.9 Å². The minimum Gasteiger partial charge on any atom is -0.347 e. The zero-order valence-corrected chi connectivity index (χ0v) is 16.6. The lowest BCUT2D eigenvalue weighted by atomic mass is 9.87. The molecule has 1 saturated heterocycles. The Morgan fingerprint density at radius 1 is 1.04 bits per heavy atom. The van der Waals surface area contributed by atoms with Crippen molar-refractivity contribution in [3.63, 3.8) is 0 Å². The van der Waals surface area contributed by atoms with Crippen molar-refractivity contribution in [3.05, 3.63) is 29.8 Å². The lowest BCUT2D eigenvalue weighted by Crippen LogP contribution is -2.41. The molecule has 0 bridgehead atoms. The molecule has 1 aromatic rings. The Morgan fingerprint density at radius 2 is 1.69 bits per heavy atom. The van der Waals surface area contributed by atoms with Gasteiger partial charge >= 0.3 is 0 Å². The Balaban J connectivity index is 1.60. The van der Waals surface area contributed by atoms with Crippen LogP contribution in [0.25, 0.3) is 0 Å². The maximum Gasteiger partial charge on any atom is 0.296 e. The number of unbranched alkanes of at least 4 members (excludes halogenated alkanes) is 2. The highest BCUT2D eigenvalue weighted by Gasteiger charge is 2.62. The fourth-order valence-electron chi connectivity index (χ4n) is 3.87. The first-order valence-electron chi connectivity index (χ1n) is 9.67. The first kappa shape index (κ1) is 19.8. The molecular formula is C20H30O5S. The number of rotatable bonds is 10. The van der Waals surface area contributed by atoms with Crippen LogP contribution in [0.2, 0.25) is 0 Å². The van der Waals surface area contributed by atoms with Crippen LogP contribution in [0.5, 0.6) is 0 Å². The standard InChI is InChI=1S/C20H30O5S/c1-3-4-5-10-20(23-15-16-24-20)19(11-12-19)13-14-25-26(21,22)18-8-6-17(2)7-9-18/h6-9H,3-5,10-16H2,1-2H3. The largest absolute Gasteiger partial charge is 0.347 e. The van der Waals surface area contributed by atoms with Crippen molar-refractivity contribution >= 4 is 10.1 Å². The third-order valence-corrected chi connectivity index (χ3v) is 6.98. The van der Waals surface area contributed by atoms with Gasteiger partial charge in [-0.25, -0.2) is 0 Å². The zero-order valence-electron chi connectivity index (χ0n) is 15.8. The molecule has 1 saturated carbocycles. The van der Waals surface area contributed by atoms with Crippen molar-refractivity contribution < 1.29 is 22.1 Å². The molecule has 0 radical (unpaired) electrons. The van der Waals surface area contributed by atoms with Crippen molar-refractivity contribution in [1.82, 2.24) is 0 Å². The van der Waals surface area contributed by atoms with Crippen LogP contribution in [0.15, 0.2) is 29.2 Å². The maximum atomic E-state index is 12.4. The average molecular weight is 383 g/mol. The molecule has 1 aliphatic carbocycles. The Labute approximate surface area is 157 Å². The zero-order chi connectivity index (χ0) is 18.7. The quantitative estimate of drug-likeness (QED) is 0.448. The SMILES string of the molecule is CCCCCC1(C2(CCOS(=O)(=O)c3ccc(C)cc3)CC2)OCCO1. The summed E-state index contributed by atoms with van der Waals surface area (Å²) in [6, 6.07) is 6.74. The monoisotopic (exact) mass is 382 g/mol. The van der Waals surface area contributed by atoms with E-state index in [0.717, 1.165) is 44.1 Å². The fraction of sp³-hybridized carbons (Fsp3) is 0.700. The molecule has 2 fully saturated rings. The van der Waals surface area contributed by atoms with Gasteiger partial charge in [0, 0.05) is 11.8 Å². The Morgan fingerprint density at radius 3 is 2.27 bits per heavy atom. The first-order chi connectivity index (χ1) is 12.4. The van der Waals surface area contributed by atoms with Gasteiger partial charge in [-0.2, -0.15) is 8.42 Å². The van der Waals surface area contributed by atoms with Gasteiger partial charge in [0.15, 0.2) is 5.79 Å². The molecule has 3 rings (SSSR count). The second-order valence-electron chi connectivity index (χ2n) is 7.53. The van der Waals surface area contributed by atoms with Gasteiger partial charge < -0.3 is 9.47 Å². The Hall–Kier alpha value is -0.950. The van der Waals surface area contributed by atoms with Gasteiger partial charge in [-0.3, -0.25) is 4.18 Å². The van der Waals surface area contributed by atoms with Gasteiger partial charge in [0.05, 0.1) is 24.7 Å². The summed E-state index contributed by atoms with van der Waals surface area (Å²) in [4.78, 5) is 0.207. The van der Waals surface area contributed by atoms with E-state index in [9.17, 15) is 8.42 Å². The molecule has 0 spiro atoms. The van der Waals surface area contributed by atoms with E-state index < -0.39 is 15.9 Å². The van der Waals surface area contributed by atoms with Crippen molar-refractivity contribution in [1.29, 1.82) is 0 Å². The van der Waals surface area contributed by atoms with E-state index in [2.05, 4.69) is 6.92 Å². The van der Waals surface area contributed by atoms with Crippen LogP contribution in [0, 0.1) is 12.3 Å². The lowest BCUT2D eigenvalue weighted by Gasteiger charge is -2.36. The van der Waals surface area contributed by atoms with E-state index >= 15 is 0 Å². The molecule has 26 heavy (non-hydrogen) atoms. The summed E-state index contributed by atoms with van der Waals surface area (Å²) in [6.07, 6.45) is 6.92. The summed E-state index contributed by atoms with van der Waals surface area (Å²) < 4.78 is 42.2. The second kappa shape index (κ2) is 7.97. The molecule has 1 aromatic carbocycles. The smallest absolute Gasteiger partial charge is 0.296 e. The molecule has 0 N–H and O–H groups in total. The summed E-state index contributed by atoms with van der Waals surface area (Å²) in [6.45, 7) is 5.51. The predicted octanol–water partition coefficient (Wildman–Crippen LogP) is 4.19. The highest BCUT2D eigenvalue weighted by atomic mass is 32.2. The molecule has 0 amide bonds. The van der Waals surface area contributed by atoms with Gasteiger partial charge in [-0.15, -0.1) is 0 Å². The number of ether oxygens (including phenoxy) is 2. The molecule has 146 valence electrons. The summed E-state index contributed by atoms with van der Waals surface area (Å²) in [5.74, 6) is -0.543. The van der Waals surface area contributed by atoms with Crippen molar-refractivity contribution in [2.75, 3.05) is 19.8 Å². The van der Waals surface area contributed by atoms with Crippen LogP contribution in [0.1, 0.15) is 57.4 Å². The van der Waals surface area contributed by atoms with E-state index in [1.807, 2.05) is 6.92 Å². The molecule has 0 aromatic heterocycles. The normalized spacial score (nSPS) is 21.0. The van der Waals surface area contributed by atoms with Crippen LogP contribution in [-0.4, -0.2) is 34.0 Å². The van der Waals surface area contributed by atoms with Crippen LogP contribution < -0.4 is 0 Å². The highest BCUT2D eigenvalue weighted by molar-refractivity contribution is 7.86. The molecule has 0 atom stereocenters. The molecule has 0 unspecified atom stereocenters. The van der Waals surface area contributed by atoms with E-state index in [1.165, 1.54) is 0 Å². The molecular weight excluding hydrogens is 352 g/mol. The Bertz CT molecular complexity index is 685. The first-order valence-corrected chi connectivity index (χ1v) is 11.1. The van der Waals surface area contributed by atoms with Crippen molar-refractivity contribution in [2.24, 2.45) is 5.41 Å². The van der Waals surface area contributed by atoms with Gasteiger partial charge in [-0.05, 0) is 44.7 Å². The van der Waals surface area contributed by atoms with Crippen molar-refractivity contribution in [2.45, 2.75) is 69.5 Å². The third-order valence-electron chi connectivity index (χ3n) is 5.65. The molecule has 5 nitrogen and oxygen atoms in total. The van der Waals surface area contributed by atoms with Crippen LogP contribution in [0.3, 0.4) is 0 Å². The van der Waals surface area contributed by atoms with Gasteiger partial charge in [0.2, 0.25) is 0 Å².